The lowest BCUT2D eigenvalue weighted by atomic mass is 9.88. The number of carbonyl (C=O) groups excluding carboxylic acids is 1. The van der Waals surface area contributed by atoms with Gasteiger partial charge in [-0.05, 0) is 49.5 Å². The molecule has 4 nitrogen and oxygen atoms in total. The van der Waals surface area contributed by atoms with Crippen LogP contribution >= 0.6 is 0 Å². The van der Waals surface area contributed by atoms with Gasteiger partial charge in [0.1, 0.15) is 5.75 Å². The number of hydrogen-bond donors (Lipinski definition) is 2. The number of hydrogen-bond acceptors (Lipinski definition) is 3. The standard InChI is InChI=1S/C15H20F2N2O2/c1-10-8-18-6-5-12(10)9-19-14(20)11-3-2-4-13(7-11)21-15(16)17/h2-4,7,10,12,15,18H,5-6,8-9H2,1H3,(H,19,20). The van der Waals surface area contributed by atoms with Crippen molar-refractivity contribution in [2.75, 3.05) is 19.6 Å². The molecule has 1 aromatic carbocycles. The monoisotopic (exact) mass is 298 g/mol. The van der Waals surface area contributed by atoms with Gasteiger partial charge in [0.2, 0.25) is 0 Å². The molecule has 116 valence electrons. The predicted molar refractivity (Wildman–Crippen MR) is 75.5 cm³/mol. The molecule has 1 heterocycles. The third-order valence-corrected chi connectivity index (χ3v) is 3.81. The predicted octanol–water partition coefficient (Wildman–Crippen LogP) is 2.26. The van der Waals surface area contributed by atoms with Gasteiger partial charge in [0.05, 0.1) is 0 Å². The summed E-state index contributed by atoms with van der Waals surface area (Å²) in [4.78, 5) is 12.1. The number of carbonyl (C=O) groups is 1. The molecule has 6 heteroatoms. The van der Waals surface area contributed by atoms with Gasteiger partial charge in [-0.2, -0.15) is 8.78 Å². The molecule has 21 heavy (non-hydrogen) atoms. The van der Waals surface area contributed by atoms with E-state index in [0.29, 0.717) is 23.9 Å². The summed E-state index contributed by atoms with van der Waals surface area (Å²) in [7, 11) is 0. The van der Waals surface area contributed by atoms with Crippen LogP contribution in [0.2, 0.25) is 0 Å². The second kappa shape index (κ2) is 7.36. The number of halogens is 2. The van der Waals surface area contributed by atoms with E-state index in [2.05, 4.69) is 22.3 Å². The summed E-state index contributed by atoms with van der Waals surface area (Å²) >= 11 is 0. The molecular weight excluding hydrogens is 278 g/mol. The quantitative estimate of drug-likeness (QED) is 0.876. The van der Waals surface area contributed by atoms with Crippen molar-refractivity contribution in [3.05, 3.63) is 29.8 Å². The van der Waals surface area contributed by atoms with E-state index < -0.39 is 6.61 Å². The van der Waals surface area contributed by atoms with Crippen LogP contribution in [-0.2, 0) is 0 Å². The van der Waals surface area contributed by atoms with Crippen LogP contribution in [0.1, 0.15) is 23.7 Å². The zero-order valence-electron chi connectivity index (χ0n) is 11.9. The fourth-order valence-corrected chi connectivity index (χ4v) is 2.51. The van der Waals surface area contributed by atoms with Crippen LogP contribution in [0.4, 0.5) is 8.78 Å². The Kier molecular flexibility index (Phi) is 5.50. The molecule has 2 rings (SSSR count). The molecule has 0 aliphatic carbocycles. The molecular formula is C15H20F2N2O2. The Morgan fingerprint density at radius 1 is 1.52 bits per heavy atom. The summed E-state index contributed by atoms with van der Waals surface area (Å²) in [5.41, 5.74) is 0.328. The molecule has 0 saturated carbocycles. The third kappa shape index (κ3) is 4.67. The lowest BCUT2D eigenvalue weighted by molar-refractivity contribution is -0.0498. The highest BCUT2D eigenvalue weighted by Gasteiger charge is 2.21. The van der Waals surface area contributed by atoms with Crippen LogP contribution in [0.5, 0.6) is 5.75 Å². The van der Waals surface area contributed by atoms with Crippen LogP contribution in [0, 0.1) is 11.8 Å². The molecule has 1 aliphatic rings. The molecule has 1 aliphatic heterocycles. The topological polar surface area (TPSA) is 50.4 Å². The zero-order chi connectivity index (χ0) is 15.2. The molecule has 0 bridgehead atoms. The van der Waals surface area contributed by atoms with Crippen LogP contribution in [-0.4, -0.2) is 32.2 Å². The lowest BCUT2D eigenvalue weighted by Gasteiger charge is -2.29. The van der Waals surface area contributed by atoms with Crippen molar-refractivity contribution < 1.29 is 18.3 Å². The number of piperidine rings is 1. The largest absolute Gasteiger partial charge is 0.435 e. The Balaban J connectivity index is 1.90. The van der Waals surface area contributed by atoms with Crippen LogP contribution in [0.25, 0.3) is 0 Å². The fraction of sp³-hybridized carbons (Fsp3) is 0.533. The van der Waals surface area contributed by atoms with Gasteiger partial charge in [0.25, 0.3) is 5.91 Å². The van der Waals surface area contributed by atoms with E-state index in [-0.39, 0.29) is 11.7 Å². The molecule has 1 aromatic rings. The van der Waals surface area contributed by atoms with Gasteiger partial charge in [0, 0.05) is 12.1 Å². The number of rotatable bonds is 5. The summed E-state index contributed by atoms with van der Waals surface area (Å²) in [5, 5.41) is 6.18. The Bertz CT molecular complexity index is 482. The van der Waals surface area contributed by atoms with Crippen molar-refractivity contribution in [1.29, 1.82) is 0 Å². The minimum atomic E-state index is -2.89. The van der Waals surface area contributed by atoms with Gasteiger partial charge in [0.15, 0.2) is 0 Å². The van der Waals surface area contributed by atoms with E-state index in [0.717, 1.165) is 19.5 Å². The molecule has 0 aromatic heterocycles. The normalized spacial score (nSPS) is 22.1. The molecule has 2 atom stereocenters. The van der Waals surface area contributed by atoms with E-state index in [1.807, 2.05) is 0 Å². The first-order chi connectivity index (χ1) is 10.1. The number of nitrogens with one attached hydrogen (secondary N) is 2. The average Bonchev–Trinajstić information content (AvgIpc) is 2.45. The Morgan fingerprint density at radius 3 is 3.05 bits per heavy atom. The molecule has 0 radical (unpaired) electrons. The number of amides is 1. The Hall–Kier alpha value is -1.69. The van der Waals surface area contributed by atoms with Gasteiger partial charge in [-0.1, -0.05) is 13.0 Å². The van der Waals surface area contributed by atoms with Crippen molar-refractivity contribution in [3.63, 3.8) is 0 Å². The molecule has 0 spiro atoms. The van der Waals surface area contributed by atoms with Crippen molar-refractivity contribution >= 4 is 5.91 Å². The van der Waals surface area contributed by atoms with E-state index in [9.17, 15) is 13.6 Å². The number of alkyl halides is 2. The van der Waals surface area contributed by atoms with Crippen molar-refractivity contribution in [3.8, 4) is 5.75 Å². The maximum Gasteiger partial charge on any atom is 0.387 e. The molecule has 1 fully saturated rings. The van der Waals surface area contributed by atoms with Crippen molar-refractivity contribution in [2.24, 2.45) is 11.8 Å². The zero-order valence-corrected chi connectivity index (χ0v) is 11.9. The van der Waals surface area contributed by atoms with E-state index in [4.69, 9.17) is 0 Å². The van der Waals surface area contributed by atoms with Gasteiger partial charge in [-0.3, -0.25) is 4.79 Å². The fourth-order valence-electron chi connectivity index (χ4n) is 2.51. The molecule has 2 N–H and O–H groups in total. The minimum Gasteiger partial charge on any atom is -0.435 e. The summed E-state index contributed by atoms with van der Waals surface area (Å²) in [5.74, 6) is 0.677. The van der Waals surface area contributed by atoms with E-state index in [1.54, 1.807) is 6.07 Å². The first-order valence-electron chi connectivity index (χ1n) is 7.10. The highest BCUT2D eigenvalue weighted by atomic mass is 19.3. The second-order valence-corrected chi connectivity index (χ2v) is 5.35. The third-order valence-electron chi connectivity index (χ3n) is 3.81. The van der Waals surface area contributed by atoms with Crippen LogP contribution in [0.3, 0.4) is 0 Å². The van der Waals surface area contributed by atoms with Gasteiger partial charge < -0.3 is 15.4 Å². The second-order valence-electron chi connectivity index (χ2n) is 5.35. The summed E-state index contributed by atoms with van der Waals surface area (Å²) in [6.07, 6.45) is 1.02. The summed E-state index contributed by atoms with van der Waals surface area (Å²) in [6.45, 7) is 1.78. The van der Waals surface area contributed by atoms with Gasteiger partial charge >= 0.3 is 6.61 Å². The van der Waals surface area contributed by atoms with Crippen LogP contribution < -0.4 is 15.4 Å². The summed E-state index contributed by atoms with van der Waals surface area (Å²) < 4.78 is 28.6. The Morgan fingerprint density at radius 2 is 2.33 bits per heavy atom. The molecule has 2 unspecified atom stereocenters. The first kappa shape index (κ1) is 15.7. The van der Waals surface area contributed by atoms with E-state index in [1.165, 1.54) is 18.2 Å². The van der Waals surface area contributed by atoms with Crippen molar-refractivity contribution in [1.82, 2.24) is 10.6 Å². The minimum absolute atomic E-state index is 0.00659. The highest BCUT2D eigenvalue weighted by molar-refractivity contribution is 5.94. The maximum absolute atomic E-state index is 12.2. The van der Waals surface area contributed by atoms with E-state index >= 15 is 0 Å². The lowest BCUT2D eigenvalue weighted by Crippen LogP contribution is -2.41. The van der Waals surface area contributed by atoms with Gasteiger partial charge in [-0.15, -0.1) is 0 Å². The average molecular weight is 298 g/mol. The highest BCUT2D eigenvalue weighted by Crippen LogP contribution is 2.18. The van der Waals surface area contributed by atoms with Crippen LogP contribution in [0.15, 0.2) is 24.3 Å². The SMILES string of the molecule is CC1CNCCC1CNC(=O)c1cccc(OC(F)F)c1. The molecule has 1 amide bonds. The summed E-state index contributed by atoms with van der Waals surface area (Å²) in [6, 6.07) is 5.84. The van der Waals surface area contributed by atoms with Crippen molar-refractivity contribution in [2.45, 2.75) is 20.0 Å². The molecule has 1 saturated heterocycles. The Labute approximate surface area is 122 Å². The maximum atomic E-state index is 12.2. The number of benzene rings is 1. The smallest absolute Gasteiger partial charge is 0.387 e. The number of ether oxygens (including phenoxy) is 1. The first-order valence-corrected chi connectivity index (χ1v) is 7.10. The van der Waals surface area contributed by atoms with Gasteiger partial charge in [-0.25, -0.2) is 0 Å².